The number of unbranched alkanes of at least 4 members (excludes halogenated alkanes) is 1. The number of nitrogens with two attached hydrogens (primary N) is 1. The number of pyridine rings is 1. The summed E-state index contributed by atoms with van der Waals surface area (Å²) in [5.74, 6) is 1.46. The van der Waals surface area contributed by atoms with E-state index in [1.54, 1.807) is 25.4 Å². The normalized spacial score (nSPS) is 11.4. The molecule has 4 rings (SSSR count). The summed E-state index contributed by atoms with van der Waals surface area (Å²) >= 11 is 1.60. The van der Waals surface area contributed by atoms with Crippen LogP contribution in [0.4, 0.5) is 11.5 Å². The van der Waals surface area contributed by atoms with Crippen LogP contribution < -0.4 is 10.6 Å². The number of anilines is 2. The van der Waals surface area contributed by atoms with Gasteiger partial charge in [0, 0.05) is 44.3 Å². The number of aromatic nitrogens is 3. The summed E-state index contributed by atoms with van der Waals surface area (Å²) in [7, 11) is 1.69. The highest BCUT2D eigenvalue weighted by Crippen LogP contribution is 2.29. The molecular formula is C23H27N5O2S. The number of amides is 1. The summed E-state index contributed by atoms with van der Waals surface area (Å²) in [6, 6.07) is 10.0. The lowest BCUT2D eigenvalue weighted by molar-refractivity contribution is -0.116. The third-order valence-corrected chi connectivity index (χ3v) is 6.10. The van der Waals surface area contributed by atoms with Crippen LogP contribution in [0.3, 0.4) is 0 Å². The molecule has 162 valence electrons. The fourth-order valence-corrected chi connectivity index (χ4v) is 4.59. The molecule has 3 aromatic heterocycles. The number of methoxy groups -OCH3 is 1. The van der Waals surface area contributed by atoms with Crippen LogP contribution in [0.15, 0.2) is 41.1 Å². The highest BCUT2D eigenvalue weighted by Gasteiger charge is 2.17. The number of para-hydroxylation sites is 1. The summed E-state index contributed by atoms with van der Waals surface area (Å²) < 4.78 is 7.54. The fourth-order valence-electron chi connectivity index (χ4n) is 3.95. The minimum absolute atomic E-state index is 0.0668. The van der Waals surface area contributed by atoms with Crippen molar-refractivity contribution in [2.75, 3.05) is 30.9 Å². The van der Waals surface area contributed by atoms with Gasteiger partial charge in [0.15, 0.2) is 5.82 Å². The Morgan fingerprint density at radius 2 is 2.06 bits per heavy atom. The van der Waals surface area contributed by atoms with E-state index in [9.17, 15) is 4.79 Å². The first-order valence-corrected chi connectivity index (χ1v) is 11.4. The minimum Gasteiger partial charge on any atom is -0.384 e. The van der Waals surface area contributed by atoms with E-state index in [1.165, 1.54) is 0 Å². The zero-order chi connectivity index (χ0) is 21.8. The Balaban J connectivity index is 1.60. The summed E-state index contributed by atoms with van der Waals surface area (Å²) in [5.41, 5.74) is 9.86. The summed E-state index contributed by atoms with van der Waals surface area (Å²) in [5, 5.41) is 5.05. The van der Waals surface area contributed by atoms with Crippen LogP contribution in [0.25, 0.3) is 21.9 Å². The number of nitrogens with zero attached hydrogens (tertiary/aromatic N) is 4. The molecule has 1 amide bonds. The molecule has 0 spiro atoms. The third kappa shape index (κ3) is 4.40. The van der Waals surface area contributed by atoms with Crippen molar-refractivity contribution < 1.29 is 9.53 Å². The molecule has 3 heterocycles. The van der Waals surface area contributed by atoms with E-state index in [0.29, 0.717) is 25.4 Å². The lowest BCUT2D eigenvalue weighted by Gasteiger charge is -2.20. The topological polar surface area (TPSA) is 86.3 Å². The van der Waals surface area contributed by atoms with Gasteiger partial charge in [0.1, 0.15) is 11.3 Å². The van der Waals surface area contributed by atoms with Gasteiger partial charge in [-0.1, -0.05) is 18.2 Å². The maximum atomic E-state index is 12.1. The molecule has 0 aliphatic heterocycles. The predicted molar refractivity (Wildman–Crippen MR) is 127 cm³/mol. The molecule has 0 unspecified atom stereocenters. The molecule has 0 fully saturated rings. The minimum atomic E-state index is 0.0668. The van der Waals surface area contributed by atoms with Gasteiger partial charge in [0.25, 0.3) is 0 Å². The van der Waals surface area contributed by atoms with Crippen molar-refractivity contribution in [3.05, 3.63) is 46.9 Å². The molecule has 0 aliphatic rings. The number of rotatable bonds is 9. The smallest absolute Gasteiger partial charge is 0.223 e. The van der Waals surface area contributed by atoms with Gasteiger partial charge in [-0.25, -0.2) is 9.97 Å². The van der Waals surface area contributed by atoms with E-state index < -0.39 is 0 Å². The Kier molecular flexibility index (Phi) is 6.48. The maximum absolute atomic E-state index is 12.1. The number of fused-ring (bicyclic) bond motifs is 3. The second-order valence-corrected chi connectivity index (χ2v) is 8.27. The first kappa shape index (κ1) is 21.3. The van der Waals surface area contributed by atoms with Crippen molar-refractivity contribution in [1.82, 2.24) is 14.5 Å². The van der Waals surface area contributed by atoms with Crippen LogP contribution in [-0.2, 0) is 22.5 Å². The van der Waals surface area contributed by atoms with Crippen LogP contribution in [0.1, 0.15) is 25.6 Å². The highest BCUT2D eigenvalue weighted by atomic mass is 32.1. The summed E-state index contributed by atoms with van der Waals surface area (Å²) in [6.07, 6.45) is 2.50. The number of benzene rings is 1. The third-order valence-electron chi connectivity index (χ3n) is 5.43. The number of carbonyl (C=O) groups excluding carboxylic acids is 1. The molecule has 8 heteroatoms. The van der Waals surface area contributed by atoms with Crippen molar-refractivity contribution in [1.29, 1.82) is 0 Å². The maximum Gasteiger partial charge on any atom is 0.223 e. The molecule has 0 bridgehead atoms. The number of hydrogen-bond donors (Lipinski definition) is 1. The summed E-state index contributed by atoms with van der Waals surface area (Å²) in [4.78, 5) is 23.3. The van der Waals surface area contributed by atoms with Crippen LogP contribution in [0.2, 0.25) is 0 Å². The highest BCUT2D eigenvalue weighted by molar-refractivity contribution is 7.08. The Morgan fingerprint density at radius 3 is 2.81 bits per heavy atom. The largest absolute Gasteiger partial charge is 0.384 e. The first-order valence-electron chi connectivity index (χ1n) is 10.4. The van der Waals surface area contributed by atoms with Gasteiger partial charge in [0.2, 0.25) is 5.91 Å². The van der Waals surface area contributed by atoms with E-state index in [2.05, 4.69) is 15.6 Å². The van der Waals surface area contributed by atoms with Crippen molar-refractivity contribution in [3.8, 4) is 0 Å². The van der Waals surface area contributed by atoms with Crippen LogP contribution >= 0.6 is 11.3 Å². The Bertz CT molecular complexity index is 1190. The molecule has 0 saturated heterocycles. The predicted octanol–water partition coefficient (Wildman–Crippen LogP) is 4.25. The Labute approximate surface area is 185 Å². The molecular weight excluding hydrogens is 410 g/mol. The average Bonchev–Trinajstić information content (AvgIpc) is 3.41. The van der Waals surface area contributed by atoms with Gasteiger partial charge < -0.3 is 19.9 Å². The molecule has 2 N–H and O–H groups in total. The molecule has 7 nitrogen and oxygen atoms in total. The van der Waals surface area contributed by atoms with E-state index in [-0.39, 0.29) is 5.91 Å². The van der Waals surface area contributed by atoms with Crippen molar-refractivity contribution in [2.24, 2.45) is 0 Å². The van der Waals surface area contributed by atoms with Gasteiger partial charge >= 0.3 is 0 Å². The summed E-state index contributed by atoms with van der Waals surface area (Å²) in [6.45, 7) is 3.69. The molecule has 1 aromatic carbocycles. The second kappa shape index (κ2) is 9.45. The number of carbonyl (C=O) groups is 1. The van der Waals surface area contributed by atoms with Crippen LogP contribution in [0.5, 0.6) is 0 Å². The van der Waals surface area contributed by atoms with Crippen molar-refractivity contribution in [2.45, 2.75) is 32.7 Å². The molecule has 0 atom stereocenters. The quantitative estimate of drug-likeness (QED) is 0.396. The van der Waals surface area contributed by atoms with Gasteiger partial charge in [-0.15, -0.1) is 0 Å². The second-order valence-electron chi connectivity index (χ2n) is 7.49. The molecule has 0 radical (unpaired) electrons. The number of nitrogen functional groups attached to an aromatic ring is 1. The first-order chi connectivity index (χ1) is 15.1. The lowest BCUT2D eigenvalue weighted by atomic mass is 10.2. The number of ether oxygens (including phenoxy) is 1. The molecule has 0 saturated carbocycles. The lowest BCUT2D eigenvalue weighted by Crippen LogP contribution is -2.29. The molecule has 0 aliphatic carbocycles. The SMILES string of the molecule is COCCc1nc2c(N)nc3ccccc3c2n1CCCCN(C(C)=O)c1ccsc1. The molecule has 31 heavy (non-hydrogen) atoms. The Morgan fingerprint density at radius 1 is 1.23 bits per heavy atom. The number of hydrogen-bond acceptors (Lipinski definition) is 6. The van der Waals surface area contributed by atoms with E-state index >= 15 is 0 Å². The van der Waals surface area contributed by atoms with E-state index in [1.807, 2.05) is 39.9 Å². The van der Waals surface area contributed by atoms with Gasteiger partial charge in [-0.05, 0) is 30.4 Å². The van der Waals surface area contributed by atoms with Gasteiger partial charge in [0.05, 0.1) is 23.3 Å². The average molecular weight is 438 g/mol. The van der Waals surface area contributed by atoms with Crippen molar-refractivity contribution >= 4 is 50.7 Å². The zero-order valence-corrected chi connectivity index (χ0v) is 18.7. The Hall–Kier alpha value is -2.97. The van der Waals surface area contributed by atoms with E-state index in [0.717, 1.165) is 52.8 Å². The number of thiophene rings is 1. The molecule has 4 aromatic rings. The van der Waals surface area contributed by atoms with Gasteiger partial charge in [-0.3, -0.25) is 4.79 Å². The van der Waals surface area contributed by atoms with Crippen LogP contribution in [-0.4, -0.2) is 40.7 Å². The van der Waals surface area contributed by atoms with Crippen LogP contribution in [0, 0.1) is 0 Å². The van der Waals surface area contributed by atoms with Gasteiger partial charge in [-0.2, -0.15) is 11.3 Å². The number of imidazole rings is 1. The van der Waals surface area contributed by atoms with Crippen molar-refractivity contribution in [3.63, 3.8) is 0 Å². The monoisotopic (exact) mass is 437 g/mol. The van der Waals surface area contributed by atoms with E-state index in [4.69, 9.17) is 15.5 Å². The zero-order valence-electron chi connectivity index (χ0n) is 17.9. The number of aryl methyl sites for hydroxylation is 1. The fraction of sp³-hybridized carbons (Fsp3) is 0.348. The standard InChI is InChI=1S/C23H27N5O2S/c1-16(29)27(17-10-14-31-15-17)11-5-6-12-28-20(9-13-30-2)26-21-22(28)18-7-3-4-8-19(18)25-23(21)24/h3-4,7-8,10,14-15H,5-6,9,11-13H2,1-2H3,(H2,24,25).